The molecular weight excluding hydrogens is 336 g/mol. The van der Waals surface area contributed by atoms with Crippen LogP contribution in [-0.2, 0) is 6.42 Å². The van der Waals surface area contributed by atoms with E-state index in [4.69, 9.17) is 4.74 Å². The molecule has 2 aromatic heterocycles. The van der Waals surface area contributed by atoms with E-state index in [0.717, 1.165) is 42.0 Å². The molecule has 128 valence electrons. The summed E-state index contributed by atoms with van der Waals surface area (Å²) in [4.78, 5) is 16.4. The second-order valence-electron chi connectivity index (χ2n) is 5.95. The molecule has 6 nitrogen and oxygen atoms in total. The Bertz CT molecular complexity index is 871. The minimum Gasteiger partial charge on any atom is -0.497 e. The van der Waals surface area contributed by atoms with Crippen molar-refractivity contribution in [2.45, 2.75) is 25.3 Å². The lowest BCUT2D eigenvalue weighted by Gasteiger charge is -2.24. The number of carbonyl (C=O) groups is 1. The summed E-state index contributed by atoms with van der Waals surface area (Å²) in [6.45, 7) is 0. The minimum atomic E-state index is -0.128. The van der Waals surface area contributed by atoms with E-state index in [1.165, 1.54) is 11.3 Å². The number of thiazole rings is 1. The summed E-state index contributed by atoms with van der Waals surface area (Å²) in [6.07, 6.45) is 4.74. The molecule has 2 heterocycles. The summed E-state index contributed by atoms with van der Waals surface area (Å²) < 4.78 is 7.17. The number of nitrogens with zero attached hydrogens (tertiary/aromatic N) is 3. The van der Waals surface area contributed by atoms with Crippen LogP contribution < -0.4 is 10.1 Å². The van der Waals surface area contributed by atoms with Crippen molar-refractivity contribution in [3.8, 4) is 11.4 Å². The Kier molecular flexibility index (Phi) is 4.23. The number of rotatable bonds is 4. The first-order chi connectivity index (χ1) is 12.3. The molecule has 0 saturated carbocycles. The zero-order valence-corrected chi connectivity index (χ0v) is 14.6. The summed E-state index contributed by atoms with van der Waals surface area (Å²) in [6, 6.07) is 7.80. The summed E-state index contributed by atoms with van der Waals surface area (Å²) >= 11 is 1.42. The van der Waals surface area contributed by atoms with Crippen LogP contribution in [0.2, 0.25) is 0 Å². The number of nitrogens with one attached hydrogen (secondary N) is 1. The van der Waals surface area contributed by atoms with Gasteiger partial charge in [0.15, 0.2) is 0 Å². The van der Waals surface area contributed by atoms with E-state index in [0.29, 0.717) is 5.69 Å². The van der Waals surface area contributed by atoms with Crippen molar-refractivity contribution in [2.24, 2.45) is 0 Å². The van der Waals surface area contributed by atoms with Gasteiger partial charge in [0.25, 0.3) is 5.91 Å². The molecule has 3 aromatic rings. The highest BCUT2D eigenvalue weighted by Gasteiger charge is 2.26. The lowest BCUT2D eigenvalue weighted by atomic mass is 9.92. The maximum Gasteiger partial charge on any atom is 0.271 e. The molecule has 0 saturated heterocycles. The third-order valence-corrected chi connectivity index (χ3v) is 5.06. The number of hydrogen-bond acceptors (Lipinski definition) is 5. The molecule has 1 atom stereocenters. The number of methoxy groups -OCH3 is 1. The first-order valence-electron chi connectivity index (χ1n) is 8.16. The molecule has 1 aliphatic carbocycles. The van der Waals surface area contributed by atoms with Gasteiger partial charge in [-0.2, -0.15) is 5.10 Å². The van der Waals surface area contributed by atoms with Crippen molar-refractivity contribution in [3.63, 3.8) is 0 Å². The van der Waals surface area contributed by atoms with Crippen LogP contribution in [0.15, 0.2) is 41.4 Å². The largest absolute Gasteiger partial charge is 0.497 e. The number of ether oxygens (including phenoxy) is 1. The number of hydrogen-bond donors (Lipinski definition) is 1. The van der Waals surface area contributed by atoms with E-state index >= 15 is 0 Å². The van der Waals surface area contributed by atoms with Crippen LogP contribution in [0.4, 0.5) is 0 Å². The fraction of sp³-hybridized carbons (Fsp3) is 0.278. The van der Waals surface area contributed by atoms with E-state index in [9.17, 15) is 4.79 Å². The van der Waals surface area contributed by atoms with Gasteiger partial charge in [0.05, 0.1) is 30.5 Å². The van der Waals surface area contributed by atoms with Crippen LogP contribution in [0.5, 0.6) is 5.75 Å². The van der Waals surface area contributed by atoms with E-state index in [1.807, 2.05) is 35.1 Å². The lowest BCUT2D eigenvalue weighted by molar-refractivity contribution is 0.0928. The van der Waals surface area contributed by atoms with Gasteiger partial charge in [-0.3, -0.25) is 4.79 Å². The van der Waals surface area contributed by atoms with Crippen LogP contribution >= 0.6 is 11.3 Å². The van der Waals surface area contributed by atoms with Gasteiger partial charge >= 0.3 is 0 Å². The normalized spacial score (nSPS) is 16.3. The number of aromatic nitrogens is 3. The topological polar surface area (TPSA) is 69.0 Å². The second kappa shape index (κ2) is 6.68. The van der Waals surface area contributed by atoms with Crippen molar-refractivity contribution >= 4 is 17.2 Å². The molecule has 1 aromatic carbocycles. The van der Waals surface area contributed by atoms with E-state index in [-0.39, 0.29) is 11.9 Å². The first kappa shape index (κ1) is 15.8. The predicted molar refractivity (Wildman–Crippen MR) is 95.4 cm³/mol. The number of amides is 1. The summed E-state index contributed by atoms with van der Waals surface area (Å²) in [5, 5.41) is 9.41. The number of benzene rings is 1. The van der Waals surface area contributed by atoms with Gasteiger partial charge in [-0.05, 0) is 43.5 Å². The zero-order valence-electron chi connectivity index (χ0n) is 13.8. The van der Waals surface area contributed by atoms with E-state index in [2.05, 4.69) is 15.4 Å². The van der Waals surface area contributed by atoms with Gasteiger partial charge in [-0.25, -0.2) is 9.67 Å². The monoisotopic (exact) mass is 354 g/mol. The fourth-order valence-corrected chi connectivity index (χ4v) is 3.74. The fourth-order valence-electron chi connectivity index (χ4n) is 3.21. The third kappa shape index (κ3) is 3.02. The molecule has 0 aliphatic heterocycles. The molecular formula is C18H18N4O2S. The zero-order chi connectivity index (χ0) is 17.2. The second-order valence-corrected chi connectivity index (χ2v) is 6.67. The van der Waals surface area contributed by atoms with Gasteiger partial charge in [-0.1, -0.05) is 0 Å². The van der Waals surface area contributed by atoms with Gasteiger partial charge in [-0.15, -0.1) is 11.3 Å². The number of fused-ring (bicyclic) bond motifs is 1. The Hall–Kier alpha value is -2.67. The highest BCUT2D eigenvalue weighted by molar-refractivity contribution is 7.07. The SMILES string of the molecule is COc1ccc(-n2ncc3c2CCCC3NC(=O)c2cscn2)cc1. The molecule has 0 radical (unpaired) electrons. The Morgan fingerprint density at radius 2 is 2.20 bits per heavy atom. The molecule has 1 aliphatic rings. The van der Waals surface area contributed by atoms with Crippen LogP contribution in [0.3, 0.4) is 0 Å². The van der Waals surface area contributed by atoms with Crippen molar-refractivity contribution in [2.75, 3.05) is 7.11 Å². The maximum atomic E-state index is 12.3. The van der Waals surface area contributed by atoms with Gasteiger partial charge in [0.1, 0.15) is 11.4 Å². The van der Waals surface area contributed by atoms with Crippen molar-refractivity contribution in [1.29, 1.82) is 0 Å². The Balaban J connectivity index is 1.60. The Morgan fingerprint density at radius 3 is 2.92 bits per heavy atom. The van der Waals surface area contributed by atoms with Crippen LogP contribution in [0.25, 0.3) is 5.69 Å². The summed E-state index contributed by atoms with van der Waals surface area (Å²) in [7, 11) is 1.65. The van der Waals surface area contributed by atoms with Gasteiger partial charge in [0.2, 0.25) is 0 Å². The predicted octanol–water partition coefficient (Wildman–Crippen LogP) is 3.14. The summed E-state index contributed by atoms with van der Waals surface area (Å²) in [5.41, 5.74) is 5.38. The highest BCUT2D eigenvalue weighted by Crippen LogP contribution is 2.31. The quantitative estimate of drug-likeness (QED) is 0.781. The average molecular weight is 354 g/mol. The Morgan fingerprint density at radius 1 is 1.36 bits per heavy atom. The molecule has 1 unspecified atom stereocenters. The van der Waals surface area contributed by atoms with Crippen LogP contribution in [0.1, 0.15) is 40.6 Å². The van der Waals surface area contributed by atoms with Crippen molar-refractivity contribution < 1.29 is 9.53 Å². The molecule has 7 heteroatoms. The average Bonchev–Trinajstić information content (AvgIpc) is 3.32. The van der Waals surface area contributed by atoms with Crippen molar-refractivity contribution in [3.05, 3.63) is 58.3 Å². The van der Waals surface area contributed by atoms with Crippen LogP contribution in [0, 0.1) is 0 Å². The highest BCUT2D eigenvalue weighted by atomic mass is 32.1. The van der Waals surface area contributed by atoms with Crippen LogP contribution in [-0.4, -0.2) is 27.8 Å². The Labute approximate surface area is 149 Å². The smallest absolute Gasteiger partial charge is 0.271 e. The van der Waals surface area contributed by atoms with E-state index in [1.54, 1.807) is 18.0 Å². The van der Waals surface area contributed by atoms with Crippen molar-refractivity contribution in [1.82, 2.24) is 20.1 Å². The molecule has 1 N–H and O–H groups in total. The molecule has 25 heavy (non-hydrogen) atoms. The van der Waals surface area contributed by atoms with Gasteiger partial charge < -0.3 is 10.1 Å². The molecule has 4 rings (SSSR count). The lowest BCUT2D eigenvalue weighted by Crippen LogP contribution is -2.31. The minimum absolute atomic E-state index is 0.0232. The summed E-state index contributed by atoms with van der Waals surface area (Å²) in [5.74, 6) is 0.689. The molecule has 0 spiro atoms. The molecule has 0 fully saturated rings. The number of carbonyl (C=O) groups excluding carboxylic acids is 1. The standard InChI is InChI=1S/C18H18N4O2S/c1-24-13-7-5-12(6-8-13)22-17-4-2-3-15(14(17)9-20-22)21-18(23)16-10-25-11-19-16/h5-11,15H,2-4H2,1H3,(H,21,23). The first-order valence-corrected chi connectivity index (χ1v) is 9.11. The molecule has 0 bridgehead atoms. The maximum absolute atomic E-state index is 12.3. The molecule has 1 amide bonds. The van der Waals surface area contributed by atoms with E-state index < -0.39 is 0 Å². The third-order valence-electron chi connectivity index (χ3n) is 4.47. The van der Waals surface area contributed by atoms with Gasteiger partial charge in [0, 0.05) is 16.6 Å².